The second-order valence-electron chi connectivity index (χ2n) is 5.85. The summed E-state index contributed by atoms with van der Waals surface area (Å²) in [7, 11) is 0. The van der Waals surface area contributed by atoms with Gasteiger partial charge in [0.25, 0.3) is 0 Å². The molecule has 0 aliphatic heterocycles. The van der Waals surface area contributed by atoms with Gasteiger partial charge < -0.3 is 4.42 Å². The number of nitrogens with one attached hydrogen (secondary N) is 1. The van der Waals surface area contributed by atoms with Crippen LogP contribution in [-0.4, -0.2) is 22.4 Å². The first kappa shape index (κ1) is 16.1. The number of carbonyl (C=O) groups excluding carboxylic acids is 1. The van der Waals surface area contributed by atoms with E-state index in [1.807, 2.05) is 30.5 Å². The number of anilines is 1. The van der Waals surface area contributed by atoms with Gasteiger partial charge in [-0.15, -0.1) is 16.9 Å². The average Bonchev–Trinajstić information content (AvgIpc) is 3.04. The first-order valence-electron chi connectivity index (χ1n) is 8.01. The van der Waals surface area contributed by atoms with E-state index >= 15 is 0 Å². The Bertz CT molecular complexity index is 648. The van der Waals surface area contributed by atoms with Crippen LogP contribution in [0, 0.1) is 0 Å². The molecule has 0 atom stereocenters. The van der Waals surface area contributed by atoms with E-state index in [1.54, 1.807) is 11.8 Å². The number of nitrogens with zero attached hydrogens (tertiary/aromatic N) is 2. The fourth-order valence-corrected chi connectivity index (χ4v) is 3.30. The van der Waals surface area contributed by atoms with Gasteiger partial charge >= 0.3 is 6.01 Å². The second-order valence-corrected chi connectivity index (χ2v) is 6.73. The monoisotopic (exact) mass is 331 g/mol. The van der Waals surface area contributed by atoms with Crippen LogP contribution in [0.3, 0.4) is 0 Å². The lowest BCUT2D eigenvalue weighted by Crippen LogP contribution is -2.14. The van der Waals surface area contributed by atoms with E-state index in [0.29, 0.717) is 18.2 Å². The molecule has 5 nitrogen and oxygen atoms in total. The summed E-state index contributed by atoms with van der Waals surface area (Å²) in [6, 6.07) is 8.16. The van der Waals surface area contributed by atoms with Gasteiger partial charge in [-0.05, 0) is 36.8 Å². The number of benzene rings is 1. The Hall–Kier alpha value is -1.82. The summed E-state index contributed by atoms with van der Waals surface area (Å²) in [5, 5.41) is 10.7. The number of hydrogen-bond donors (Lipinski definition) is 1. The van der Waals surface area contributed by atoms with Gasteiger partial charge in [0.2, 0.25) is 11.8 Å². The number of aromatic nitrogens is 2. The van der Waals surface area contributed by atoms with Crippen LogP contribution < -0.4 is 5.32 Å². The third kappa shape index (κ3) is 4.34. The van der Waals surface area contributed by atoms with Crippen LogP contribution in [0.1, 0.15) is 49.5 Å². The van der Waals surface area contributed by atoms with Gasteiger partial charge in [0, 0.05) is 10.8 Å². The van der Waals surface area contributed by atoms with Gasteiger partial charge in [-0.3, -0.25) is 10.1 Å². The minimum atomic E-state index is -0.138. The highest BCUT2D eigenvalue weighted by atomic mass is 32.2. The minimum absolute atomic E-state index is 0.138. The fraction of sp³-hybridized carbons (Fsp3) is 0.471. The Kier molecular flexibility index (Phi) is 5.33. The quantitative estimate of drug-likeness (QED) is 0.838. The summed E-state index contributed by atoms with van der Waals surface area (Å²) in [6.07, 6.45) is 8.22. The van der Waals surface area contributed by atoms with Crippen LogP contribution in [-0.2, 0) is 11.2 Å². The Balaban J connectivity index is 1.55. The second kappa shape index (κ2) is 7.64. The molecule has 3 rings (SSSR count). The number of hydrogen-bond acceptors (Lipinski definition) is 5. The van der Waals surface area contributed by atoms with Crippen molar-refractivity contribution in [3.63, 3.8) is 0 Å². The third-order valence-corrected chi connectivity index (χ3v) is 4.91. The molecule has 6 heteroatoms. The molecule has 1 fully saturated rings. The lowest BCUT2D eigenvalue weighted by Gasteiger charge is -2.17. The average molecular weight is 331 g/mol. The Morgan fingerprint density at radius 1 is 1.22 bits per heavy atom. The summed E-state index contributed by atoms with van der Waals surface area (Å²) < 4.78 is 5.61. The van der Waals surface area contributed by atoms with Crippen molar-refractivity contribution in [2.75, 3.05) is 11.6 Å². The van der Waals surface area contributed by atoms with Crippen molar-refractivity contribution < 1.29 is 9.21 Å². The van der Waals surface area contributed by atoms with Crippen LogP contribution in [0.5, 0.6) is 0 Å². The molecule has 1 amide bonds. The molecule has 1 aromatic heterocycles. The highest BCUT2D eigenvalue weighted by molar-refractivity contribution is 7.98. The number of thioether (sulfide) groups is 1. The molecule has 0 bridgehead atoms. The largest absolute Gasteiger partial charge is 0.408 e. The van der Waals surface area contributed by atoms with E-state index in [9.17, 15) is 4.79 Å². The van der Waals surface area contributed by atoms with Crippen molar-refractivity contribution in [1.29, 1.82) is 0 Å². The van der Waals surface area contributed by atoms with Crippen LogP contribution in [0.15, 0.2) is 33.6 Å². The zero-order chi connectivity index (χ0) is 16.1. The van der Waals surface area contributed by atoms with Crippen molar-refractivity contribution in [3.8, 4) is 0 Å². The molecule has 1 aliphatic rings. The van der Waals surface area contributed by atoms with Gasteiger partial charge in [-0.2, -0.15) is 0 Å². The normalized spacial score (nSPS) is 15.5. The van der Waals surface area contributed by atoms with Gasteiger partial charge in [-0.1, -0.05) is 36.5 Å². The van der Waals surface area contributed by atoms with E-state index in [0.717, 1.165) is 18.4 Å². The van der Waals surface area contributed by atoms with Crippen molar-refractivity contribution in [2.24, 2.45) is 0 Å². The van der Waals surface area contributed by atoms with Crippen molar-refractivity contribution in [2.45, 2.75) is 49.3 Å². The van der Waals surface area contributed by atoms with Crippen LogP contribution in [0.4, 0.5) is 6.01 Å². The zero-order valence-corrected chi connectivity index (χ0v) is 14.1. The molecule has 0 spiro atoms. The summed E-state index contributed by atoms with van der Waals surface area (Å²) in [5.41, 5.74) is 0.965. The van der Waals surface area contributed by atoms with Gasteiger partial charge in [0.05, 0.1) is 6.42 Å². The molecule has 0 unspecified atom stereocenters. The predicted molar refractivity (Wildman–Crippen MR) is 90.7 cm³/mol. The highest BCUT2D eigenvalue weighted by Gasteiger charge is 2.21. The highest BCUT2D eigenvalue weighted by Crippen LogP contribution is 2.32. The van der Waals surface area contributed by atoms with E-state index in [1.165, 1.54) is 24.2 Å². The van der Waals surface area contributed by atoms with Gasteiger partial charge in [-0.25, -0.2) is 0 Å². The SMILES string of the molecule is CSc1ccc(CC(=O)Nc2nnc(C3CCCCC3)o2)cc1. The summed E-state index contributed by atoms with van der Waals surface area (Å²) in [4.78, 5) is 13.3. The molecular weight excluding hydrogens is 310 g/mol. The van der Waals surface area contributed by atoms with Crippen molar-refractivity contribution in [1.82, 2.24) is 10.2 Å². The molecule has 1 saturated carbocycles. The van der Waals surface area contributed by atoms with E-state index in [4.69, 9.17) is 4.42 Å². The molecule has 0 saturated heterocycles. The molecule has 1 heterocycles. The molecule has 1 aromatic carbocycles. The van der Waals surface area contributed by atoms with E-state index < -0.39 is 0 Å². The minimum Gasteiger partial charge on any atom is -0.408 e. The van der Waals surface area contributed by atoms with Crippen LogP contribution >= 0.6 is 11.8 Å². The molecule has 23 heavy (non-hydrogen) atoms. The number of amides is 1. The molecular formula is C17H21N3O2S. The molecule has 2 aromatic rings. The lowest BCUT2D eigenvalue weighted by molar-refractivity contribution is -0.115. The fourth-order valence-electron chi connectivity index (χ4n) is 2.89. The molecule has 122 valence electrons. The van der Waals surface area contributed by atoms with Gasteiger partial charge in [0.15, 0.2) is 0 Å². The maximum Gasteiger partial charge on any atom is 0.322 e. The Morgan fingerprint density at radius 2 is 1.96 bits per heavy atom. The molecule has 1 N–H and O–H groups in total. The smallest absolute Gasteiger partial charge is 0.322 e. The molecule has 1 aliphatic carbocycles. The van der Waals surface area contributed by atoms with Gasteiger partial charge in [0.1, 0.15) is 0 Å². The third-order valence-electron chi connectivity index (χ3n) is 4.17. The summed E-state index contributed by atoms with van der Waals surface area (Å²) >= 11 is 1.68. The first-order chi connectivity index (χ1) is 11.2. The first-order valence-corrected chi connectivity index (χ1v) is 9.23. The van der Waals surface area contributed by atoms with Crippen molar-refractivity contribution >= 4 is 23.7 Å². The maximum atomic E-state index is 12.1. The standard InChI is InChI=1S/C17H21N3O2S/c1-23-14-9-7-12(8-10-14)11-15(21)18-17-20-19-16(22-17)13-5-3-2-4-6-13/h7-10,13H,2-6,11H2,1H3,(H,18,20,21). The number of rotatable bonds is 5. The van der Waals surface area contributed by atoms with Crippen LogP contribution in [0.25, 0.3) is 0 Å². The van der Waals surface area contributed by atoms with E-state index in [-0.39, 0.29) is 11.9 Å². The van der Waals surface area contributed by atoms with E-state index in [2.05, 4.69) is 15.5 Å². The molecule has 0 radical (unpaired) electrons. The number of carbonyl (C=O) groups is 1. The van der Waals surface area contributed by atoms with Crippen LogP contribution in [0.2, 0.25) is 0 Å². The lowest BCUT2D eigenvalue weighted by atomic mass is 9.89. The Labute approximate surface area is 140 Å². The topological polar surface area (TPSA) is 68.0 Å². The predicted octanol–water partition coefficient (Wildman–Crippen LogP) is 4.02. The summed E-state index contributed by atoms with van der Waals surface area (Å²) in [6.45, 7) is 0. The maximum absolute atomic E-state index is 12.1. The Morgan fingerprint density at radius 3 is 2.65 bits per heavy atom. The zero-order valence-electron chi connectivity index (χ0n) is 13.2. The van der Waals surface area contributed by atoms with Crippen molar-refractivity contribution in [3.05, 3.63) is 35.7 Å². The summed E-state index contributed by atoms with van der Waals surface area (Å²) in [5.74, 6) is 0.867.